The molecule has 0 fully saturated rings. The summed E-state index contributed by atoms with van der Waals surface area (Å²) >= 11 is 0. The van der Waals surface area contributed by atoms with Crippen LogP contribution in [0.5, 0.6) is 0 Å². The molecule has 0 aliphatic rings. The highest BCUT2D eigenvalue weighted by atomic mass is 16.3. The highest BCUT2D eigenvalue weighted by molar-refractivity contribution is 5.84. The lowest BCUT2D eigenvalue weighted by Crippen LogP contribution is -1.87. The average molecular weight is 309 g/mol. The molecule has 0 saturated carbocycles. The van der Waals surface area contributed by atoms with Crippen molar-refractivity contribution in [1.29, 1.82) is 0 Å². The maximum atomic E-state index is 5.96. The first-order valence-corrected chi connectivity index (χ1v) is 8.04. The number of benzene rings is 3. The molecule has 0 amide bonds. The van der Waals surface area contributed by atoms with E-state index in [1.165, 1.54) is 11.1 Å². The van der Waals surface area contributed by atoms with Gasteiger partial charge in [0.15, 0.2) is 0 Å². The summed E-state index contributed by atoms with van der Waals surface area (Å²) in [7, 11) is 0. The van der Waals surface area contributed by atoms with Crippen molar-refractivity contribution in [2.24, 2.45) is 0 Å². The Morgan fingerprint density at radius 2 is 0.917 bits per heavy atom. The second-order valence-electron chi connectivity index (χ2n) is 5.67. The lowest BCUT2D eigenvalue weighted by molar-refractivity contribution is 0.568. The minimum Gasteiger partial charge on any atom is -0.215 e. The average Bonchev–Trinajstić information content (AvgIpc) is 2.69. The summed E-state index contributed by atoms with van der Waals surface area (Å²) < 4.78 is 5.96. The van der Waals surface area contributed by atoms with Crippen molar-refractivity contribution in [2.75, 3.05) is 0 Å². The van der Waals surface area contributed by atoms with Gasteiger partial charge in [-0.25, -0.2) is 4.42 Å². The van der Waals surface area contributed by atoms with Crippen LogP contribution in [0.3, 0.4) is 0 Å². The Kier molecular flexibility index (Phi) is 3.91. The van der Waals surface area contributed by atoms with Crippen LogP contribution in [0.2, 0.25) is 0 Å². The minimum atomic E-state index is 0.870. The quantitative estimate of drug-likeness (QED) is 0.390. The van der Waals surface area contributed by atoms with Gasteiger partial charge in [0.2, 0.25) is 0 Å². The zero-order valence-corrected chi connectivity index (χ0v) is 13.2. The molecule has 0 radical (unpaired) electrons. The van der Waals surface area contributed by atoms with E-state index in [9.17, 15) is 0 Å². The van der Waals surface area contributed by atoms with Crippen LogP contribution >= 0.6 is 0 Å². The highest BCUT2D eigenvalue weighted by Crippen LogP contribution is 2.35. The Bertz CT molecular complexity index is 929. The van der Waals surface area contributed by atoms with Gasteiger partial charge in [-0.05, 0) is 23.3 Å². The summed E-state index contributed by atoms with van der Waals surface area (Å²) in [6.45, 7) is 0. The van der Waals surface area contributed by atoms with Crippen LogP contribution in [-0.4, -0.2) is 0 Å². The molecule has 1 aromatic heterocycles. The number of hydrogen-bond acceptors (Lipinski definition) is 0. The van der Waals surface area contributed by atoms with E-state index in [2.05, 4.69) is 66.7 Å². The van der Waals surface area contributed by atoms with Crippen molar-refractivity contribution in [1.82, 2.24) is 0 Å². The molecule has 1 heteroatoms. The predicted octanol–water partition coefficient (Wildman–Crippen LogP) is 6.56. The molecular formula is C23H17O+. The maximum Gasteiger partial charge on any atom is 0.360 e. The van der Waals surface area contributed by atoms with Gasteiger partial charge in [-0.1, -0.05) is 78.9 Å². The summed E-state index contributed by atoms with van der Waals surface area (Å²) in [6.07, 6.45) is 1.86. The van der Waals surface area contributed by atoms with Crippen LogP contribution in [-0.2, 0) is 0 Å². The van der Waals surface area contributed by atoms with Crippen LogP contribution in [0.4, 0.5) is 0 Å². The van der Waals surface area contributed by atoms with Crippen molar-refractivity contribution >= 4 is 0 Å². The first-order chi connectivity index (χ1) is 11.9. The van der Waals surface area contributed by atoms with Crippen molar-refractivity contribution in [3.8, 4) is 33.6 Å². The van der Waals surface area contributed by atoms with E-state index in [-0.39, 0.29) is 0 Å². The van der Waals surface area contributed by atoms with Crippen molar-refractivity contribution in [3.63, 3.8) is 0 Å². The third kappa shape index (κ3) is 2.84. The van der Waals surface area contributed by atoms with Gasteiger partial charge in [-0.15, -0.1) is 0 Å². The van der Waals surface area contributed by atoms with E-state index in [1.807, 2.05) is 36.6 Å². The SMILES string of the molecule is c1ccc(-c2cc(-c3ccccc3)c(-c3ccccc3)c[o+]2)cc1. The van der Waals surface area contributed by atoms with E-state index in [0.717, 1.165) is 22.5 Å². The molecule has 1 heterocycles. The van der Waals surface area contributed by atoms with Gasteiger partial charge in [0, 0.05) is 5.56 Å². The normalized spacial score (nSPS) is 10.5. The van der Waals surface area contributed by atoms with Crippen molar-refractivity contribution < 1.29 is 4.42 Å². The summed E-state index contributed by atoms with van der Waals surface area (Å²) in [5.74, 6) is 0.870. The molecule has 4 aromatic rings. The molecular weight excluding hydrogens is 292 g/mol. The summed E-state index contributed by atoms with van der Waals surface area (Å²) in [5.41, 5.74) is 5.69. The number of hydrogen-bond donors (Lipinski definition) is 0. The molecule has 3 aromatic carbocycles. The zero-order chi connectivity index (χ0) is 16.2. The van der Waals surface area contributed by atoms with E-state index in [0.29, 0.717) is 0 Å². The monoisotopic (exact) mass is 309 g/mol. The van der Waals surface area contributed by atoms with Crippen LogP contribution in [0.1, 0.15) is 0 Å². The predicted molar refractivity (Wildman–Crippen MR) is 99.4 cm³/mol. The molecule has 0 N–H and O–H groups in total. The standard InChI is InChI=1S/C23H17O/c1-4-10-18(11-5-1)21-16-23(20-14-8-3-9-15-20)24-17-22(21)19-12-6-2-7-13-19/h1-17H/q+1. The summed E-state index contributed by atoms with van der Waals surface area (Å²) in [5, 5.41) is 0. The van der Waals surface area contributed by atoms with Crippen LogP contribution < -0.4 is 0 Å². The Balaban J connectivity index is 1.92. The maximum absolute atomic E-state index is 5.96. The summed E-state index contributed by atoms with van der Waals surface area (Å²) in [4.78, 5) is 0. The van der Waals surface area contributed by atoms with Gasteiger partial charge in [0.25, 0.3) is 0 Å². The fourth-order valence-electron chi connectivity index (χ4n) is 2.88. The second-order valence-corrected chi connectivity index (χ2v) is 5.67. The lowest BCUT2D eigenvalue weighted by Gasteiger charge is -2.06. The first kappa shape index (κ1) is 14.4. The largest absolute Gasteiger partial charge is 0.360 e. The van der Waals surface area contributed by atoms with Gasteiger partial charge in [0.05, 0.1) is 17.2 Å². The molecule has 0 atom stereocenters. The smallest absolute Gasteiger partial charge is 0.215 e. The van der Waals surface area contributed by atoms with Gasteiger partial charge in [-0.2, -0.15) is 0 Å². The van der Waals surface area contributed by atoms with Gasteiger partial charge in [-0.3, -0.25) is 0 Å². The van der Waals surface area contributed by atoms with Crippen LogP contribution in [0.15, 0.2) is 108 Å². The second kappa shape index (κ2) is 6.51. The first-order valence-electron chi connectivity index (χ1n) is 8.04. The Labute approximate surface area is 141 Å². The van der Waals surface area contributed by atoms with Gasteiger partial charge in [0.1, 0.15) is 0 Å². The minimum absolute atomic E-state index is 0.870. The fraction of sp³-hybridized carbons (Fsp3) is 0. The third-order valence-electron chi connectivity index (χ3n) is 4.10. The molecule has 1 nitrogen and oxygen atoms in total. The fourth-order valence-corrected chi connectivity index (χ4v) is 2.88. The van der Waals surface area contributed by atoms with Crippen LogP contribution in [0.25, 0.3) is 33.6 Å². The molecule has 0 spiro atoms. The molecule has 24 heavy (non-hydrogen) atoms. The molecule has 0 aliphatic carbocycles. The zero-order valence-electron chi connectivity index (χ0n) is 13.2. The van der Waals surface area contributed by atoms with Gasteiger partial charge < -0.3 is 0 Å². The molecule has 4 rings (SSSR count). The molecule has 114 valence electrons. The highest BCUT2D eigenvalue weighted by Gasteiger charge is 2.18. The Hall–Kier alpha value is -3.19. The lowest BCUT2D eigenvalue weighted by atomic mass is 9.95. The Morgan fingerprint density at radius 3 is 1.46 bits per heavy atom. The van der Waals surface area contributed by atoms with Gasteiger partial charge >= 0.3 is 12.0 Å². The van der Waals surface area contributed by atoms with E-state index >= 15 is 0 Å². The van der Waals surface area contributed by atoms with E-state index in [1.54, 1.807) is 0 Å². The van der Waals surface area contributed by atoms with Crippen LogP contribution in [0, 0.1) is 0 Å². The summed E-state index contributed by atoms with van der Waals surface area (Å²) in [6, 6.07) is 33.1. The van der Waals surface area contributed by atoms with E-state index in [4.69, 9.17) is 4.42 Å². The van der Waals surface area contributed by atoms with Crippen molar-refractivity contribution in [3.05, 3.63) is 103 Å². The van der Waals surface area contributed by atoms with E-state index < -0.39 is 0 Å². The molecule has 0 saturated heterocycles. The Morgan fingerprint density at radius 1 is 0.458 bits per heavy atom. The number of rotatable bonds is 3. The topological polar surface area (TPSA) is 11.3 Å². The van der Waals surface area contributed by atoms with Crippen molar-refractivity contribution in [2.45, 2.75) is 0 Å². The third-order valence-corrected chi connectivity index (χ3v) is 4.10. The molecule has 0 unspecified atom stereocenters. The molecule has 0 bridgehead atoms. The molecule has 0 aliphatic heterocycles.